The van der Waals surface area contributed by atoms with Crippen molar-refractivity contribution in [2.24, 2.45) is 5.73 Å². The summed E-state index contributed by atoms with van der Waals surface area (Å²) in [5.41, 5.74) is 11.1. The molecule has 3 rings (SSSR count). The molecule has 3 aromatic rings. The molecule has 0 bridgehead atoms. The van der Waals surface area contributed by atoms with Gasteiger partial charge in [0.1, 0.15) is 5.52 Å². The molecule has 0 saturated heterocycles. The van der Waals surface area contributed by atoms with Crippen molar-refractivity contribution in [3.8, 4) is 0 Å². The third-order valence-corrected chi connectivity index (χ3v) is 3.91. The molecule has 136 valence electrons. The predicted molar refractivity (Wildman–Crippen MR) is 108 cm³/mol. The Bertz CT molecular complexity index is 896. The lowest BCUT2D eigenvalue weighted by Crippen LogP contribution is -2.28. The summed E-state index contributed by atoms with van der Waals surface area (Å²) >= 11 is 0. The number of pyridine rings is 2. The zero-order chi connectivity index (χ0) is 19.3. The van der Waals surface area contributed by atoms with Crippen LogP contribution in [0.5, 0.6) is 0 Å². The summed E-state index contributed by atoms with van der Waals surface area (Å²) in [6.45, 7) is 9.83. The van der Waals surface area contributed by atoms with E-state index in [4.69, 9.17) is 5.73 Å². The number of benzene rings is 1. The maximum absolute atomic E-state index is 11.4. The van der Waals surface area contributed by atoms with Gasteiger partial charge in [0.15, 0.2) is 6.29 Å². The van der Waals surface area contributed by atoms with Crippen LogP contribution in [0.4, 0.5) is 11.4 Å². The van der Waals surface area contributed by atoms with Gasteiger partial charge in [0.05, 0.1) is 16.8 Å². The van der Waals surface area contributed by atoms with Crippen molar-refractivity contribution in [1.29, 1.82) is 0 Å². The minimum absolute atomic E-state index is 0.394. The highest BCUT2D eigenvalue weighted by Gasteiger charge is 2.14. The van der Waals surface area contributed by atoms with Crippen molar-refractivity contribution in [2.75, 3.05) is 5.32 Å². The van der Waals surface area contributed by atoms with Crippen molar-refractivity contribution in [3.05, 3.63) is 59.4 Å². The molecule has 2 heterocycles. The molecule has 0 unspecified atom stereocenters. The summed E-state index contributed by atoms with van der Waals surface area (Å²) < 4.78 is 0. The maximum Gasteiger partial charge on any atom is 0.153 e. The van der Waals surface area contributed by atoms with Crippen LogP contribution in [0.2, 0.25) is 0 Å². The lowest BCUT2D eigenvalue weighted by atomic mass is 9.95. The quantitative estimate of drug-likeness (QED) is 0.666. The first-order chi connectivity index (χ1) is 12.4. The number of aldehydes is 1. The number of aromatic nitrogens is 2. The van der Waals surface area contributed by atoms with Crippen LogP contribution < -0.4 is 11.1 Å². The first kappa shape index (κ1) is 19.5. The van der Waals surface area contributed by atoms with Crippen LogP contribution in [0.3, 0.4) is 0 Å². The molecule has 1 aromatic carbocycles. The summed E-state index contributed by atoms with van der Waals surface area (Å²) in [6.07, 6.45) is 2.35. The van der Waals surface area contributed by atoms with Crippen LogP contribution in [0.1, 0.15) is 49.3 Å². The molecule has 26 heavy (non-hydrogen) atoms. The average Bonchev–Trinajstić information content (AvgIpc) is 2.63. The summed E-state index contributed by atoms with van der Waals surface area (Å²) in [5, 5.41) is 3.30. The number of nitrogens with zero attached hydrogens (tertiary/aromatic N) is 2. The van der Waals surface area contributed by atoms with E-state index in [0.717, 1.165) is 28.7 Å². The molecular weight excluding hydrogens is 324 g/mol. The number of nitrogens with two attached hydrogens (primary N) is 1. The highest BCUT2D eigenvalue weighted by atomic mass is 16.1. The number of fused-ring (bicyclic) bond motifs is 1. The number of aryl methyl sites for hydroxylation is 1. The van der Waals surface area contributed by atoms with E-state index < -0.39 is 5.54 Å². The zero-order valence-corrected chi connectivity index (χ0v) is 16.0. The molecule has 0 atom stereocenters. The SMILES string of the molecule is CC.Cc1ccc2ncc(C=O)c(Nc3ccc(C(C)(C)N)cc3)c2n1. The topological polar surface area (TPSA) is 80.9 Å². The summed E-state index contributed by atoms with van der Waals surface area (Å²) in [5.74, 6) is 0. The fraction of sp³-hybridized carbons (Fsp3) is 0.286. The third-order valence-electron chi connectivity index (χ3n) is 3.91. The highest BCUT2D eigenvalue weighted by molar-refractivity contribution is 5.99. The Morgan fingerprint density at radius 3 is 2.31 bits per heavy atom. The second-order valence-corrected chi connectivity index (χ2v) is 6.45. The second-order valence-electron chi connectivity index (χ2n) is 6.45. The smallest absolute Gasteiger partial charge is 0.153 e. The van der Waals surface area contributed by atoms with Crippen molar-refractivity contribution in [3.63, 3.8) is 0 Å². The Balaban J connectivity index is 0.00000117. The Morgan fingerprint density at radius 1 is 1.08 bits per heavy atom. The van der Waals surface area contributed by atoms with E-state index in [9.17, 15) is 4.79 Å². The predicted octanol–water partition coefficient (Wildman–Crippen LogP) is 4.71. The van der Waals surface area contributed by atoms with Gasteiger partial charge < -0.3 is 11.1 Å². The van der Waals surface area contributed by atoms with E-state index in [-0.39, 0.29) is 0 Å². The zero-order valence-electron chi connectivity index (χ0n) is 16.0. The monoisotopic (exact) mass is 350 g/mol. The van der Waals surface area contributed by atoms with E-state index in [0.29, 0.717) is 16.8 Å². The first-order valence-electron chi connectivity index (χ1n) is 8.76. The minimum atomic E-state index is -0.394. The number of nitrogens with one attached hydrogen (secondary N) is 1. The van der Waals surface area contributed by atoms with Crippen molar-refractivity contribution < 1.29 is 4.79 Å². The van der Waals surface area contributed by atoms with Gasteiger partial charge in [0.2, 0.25) is 0 Å². The number of rotatable bonds is 4. The van der Waals surface area contributed by atoms with E-state index >= 15 is 0 Å². The molecule has 3 N–H and O–H groups in total. The van der Waals surface area contributed by atoms with E-state index in [2.05, 4.69) is 15.3 Å². The molecule has 5 heteroatoms. The number of anilines is 2. The van der Waals surface area contributed by atoms with Gasteiger partial charge in [-0.15, -0.1) is 0 Å². The Morgan fingerprint density at radius 2 is 1.73 bits per heavy atom. The lowest BCUT2D eigenvalue weighted by molar-refractivity contribution is 0.112. The standard InChI is InChI=1S/C19H20N4O.C2H6/c1-12-4-9-16-18(22-12)17(13(11-24)10-21-16)23-15-7-5-14(6-8-15)19(2,3)20;1-2/h4-11H,20H2,1-3H3,(H,21,23);1-2H3. The van der Waals surface area contributed by atoms with Gasteiger partial charge in [0.25, 0.3) is 0 Å². The molecule has 0 amide bonds. The normalized spacial score (nSPS) is 10.8. The molecule has 2 aromatic heterocycles. The second kappa shape index (κ2) is 8.06. The summed E-state index contributed by atoms with van der Waals surface area (Å²) in [6, 6.07) is 11.6. The Labute approximate surface area is 154 Å². The average molecular weight is 350 g/mol. The van der Waals surface area contributed by atoms with E-state index in [1.54, 1.807) is 6.20 Å². The van der Waals surface area contributed by atoms with Crippen LogP contribution in [-0.2, 0) is 5.54 Å². The first-order valence-corrected chi connectivity index (χ1v) is 8.76. The Hall–Kier alpha value is -2.79. The van der Waals surface area contributed by atoms with Crippen LogP contribution in [0.25, 0.3) is 11.0 Å². The lowest BCUT2D eigenvalue weighted by Gasteiger charge is -2.19. The van der Waals surface area contributed by atoms with Crippen LogP contribution >= 0.6 is 0 Å². The van der Waals surface area contributed by atoms with Gasteiger partial charge in [-0.1, -0.05) is 26.0 Å². The molecular formula is C21H26N4O. The van der Waals surface area contributed by atoms with Crippen LogP contribution in [0.15, 0.2) is 42.6 Å². The summed E-state index contributed by atoms with van der Waals surface area (Å²) in [4.78, 5) is 20.2. The van der Waals surface area contributed by atoms with Crippen LogP contribution in [-0.4, -0.2) is 16.3 Å². The van der Waals surface area contributed by atoms with E-state index in [1.807, 2.05) is 71.0 Å². The number of hydrogen-bond acceptors (Lipinski definition) is 5. The van der Waals surface area contributed by atoms with Gasteiger partial charge in [-0.25, -0.2) is 4.98 Å². The molecule has 0 aliphatic rings. The maximum atomic E-state index is 11.4. The van der Waals surface area contributed by atoms with Gasteiger partial charge in [0, 0.05) is 23.1 Å². The molecule has 0 aliphatic carbocycles. The van der Waals surface area contributed by atoms with Crippen LogP contribution in [0, 0.1) is 6.92 Å². The third kappa shape index (κ3) is 4.24. The molecule has 0 radical (unpaired) electrons. The summed E-state index contributed by atoms with van der Waals surface area (Å²) in [7, 11) is 0. The van der Waals surface area contributed by atoms with Crippen molar-refractivity contribution in [1.82, 2.24) is 9.97 Å². The van der Waals surface area contributed by atoms with Gasteiger partial charge in [-0.05, 0) is 50.6 Å². The molecule has 0 fully saturated rings. The number of carbonyl (C=O) groups is 1. The van der Waals surface area contributed by atoms with Crippen molar-refractivity contribution >= 4 is 28.7 Å². The largest absolute Gasteiger partial charge is 0.353 e. The molecule has 0 aliphatic heterocycles. The minimum Gasteiger partial charge on any atom is -0.353 e. The number of hydrogen-bond donors (Lipinski definition) is 2. The van der Waals surface area contributed by atoms with Crippen molar-refractivity contribution in [2.45, 2.75) is 40.2 Å². The fourth-order valence-corrected chi connectivity index (χ4v) is 2.53. The van der Waals surface area contributed by atoms with E-state index in [1.165, 1.54) is 0 Å². The fourth-order valence-electron chi connectivity index (χ4n) is 2.53. The van der Waals surface area contributed by atoms with Gasteiger partial charge in [-0.2, -0.15) is 0 Å². The Kier molecular flexibility index (Phi) is 6.05. The van der Waals surface area contributed by atoms with Gasteiger partial charge in [-0.3, -0.25) is 9.78 Å². The molecule has 0 spiro atoms. The van der Waals surface area contributed by atoms with Gasteiger partial charge >= 0.3 is 0 Å². The number of carbonyl (C=O) groups excluding carboxylic acids is 1. The molecule has 5 nitrogen and oxygen atoms in total. The highest BCUT2D eigenvalue weighted by Crippen LogP contribution is 2.28. The molecule has 0 saturated carbocycles.